The number of nitrogens with zero attached hydrogens (tertiary/aromatic N) is 3. The lowest BCUT2D eigenvalue weighted by atomic mass is 9.99. The second-order valence-corrected chi connectivity index (χ2v) is 8.07. The maximum Gasteiger partial charge on any atom is 0.416 e. The Balaban J connectivity index is 0.00000361. The van der Waals surface area contributed by atoms with Crippen LogP contribution in [0.3, 0.4) is 0 Å². The quantitative estimate of drug-likeness (QED) is 0.342. The van der Waals surface area contributed by atoms with E-state index in [1.54, 1.807) is 12.1 Å². The van der Waals surface area contributed by atoms with Crippen LogP contribution >= 0.6 is 12.4 Å². The summed E-state index contributed by atoms with van der Waals surface area (Å²) in [5.41, 5.74) is 7.00. The number of anilines is 1. The van der Waals surface area contributed by atoms with Crippen molar-refractivity contribution < 1.29 is 13.2 Å². The van der Waals surface area contributed by atoms with Crippen molar-refractivity contribution >= 4 is 18.4 Å². The predicted octanol–water partition coefficient (Wildman–Crippen LogP) is 5.45. The molecule has 0 aliphatic rings. The van der Waals surface area contributed by atoms with Gasteiger partial charge in [0.25, 0.3) is 5.56 Å². The van der Waals surface area contributed by atoms with Gasteiger partial charge in [-0.25, -0.2) is 4.98 Å². The summed E-state index contributed by atoms with van der Waals surface area (Å²) in [7, 11) is 1.53. The number of pyridine rings is 1. The van der Waals surface area contributed by atoms with Gasteiger partial charge in [0.2, 0.25) is 5.95 Å². The molecule has 0 fully saturated rings. The van der Waals surface area contributed by atoms with Gasteiger partial charge in [-0.05, 0) is 41.8 Å². The average Bonchev–Trinajstić information content (AvgIpc) is 2.87. The molecule has 2 heterocycles. The number of nitrogens with two attached hydrogens (primary N) is 1. The summed E-state index contributed by atoms with van der Waals surface area (Å²) in [5.74, 6) is 0.290. The van der Waals surface area contributed by atoms with Crippen molar-refractivity contribution in [3.05, 3.63) is 101 Å². The molecule has 0 saturated carbocycles. The third-order valence-corrected chi connectivity index (χ3v) is 5.69. The van der Waals surface area contributed by atoms with Gasteiger partial charge in [-0.2, -0.15) is 13.2 Å². The third kappa shape index (κ3) is 5.92. The SMILES string of the molecule is Cl.Cn1c(NCC[C@H](N)c2ccccc2)nc(-c2ccncc2)c(-c2cccc(C(F)(F)F)c2)c1=O. The van der Waals surface area contributed by atoms with Crippen molar-refractivity contribution in [1.29, 1.82) is 0 Å². The van der Waals surface area contributed by atoms with Crippen molar-refractivity contribution in [3.63, 3.8) is 0 Å². The van der Waals surface area contributed by atoms with Crippen LogP contribution in [0.5, 0.6) is 0 Å². The van der Waals surface area contributed by atoms with Gasteiger partial charge in [-0.1, -0.05) is 42.5 Å². The van der Waals surface area contributed by atoms with Gasteiger partial charge < -0.3 is 11.1 Å². The lowest BCUT2D eigenvalue weighted by molar-refractivity contribution is -0.137. The van der Waals surface area contributed by atoms with Crippen LogP contribution in [0.2, 0.25) is 0 Å². The van der Waals surface area contributed by atoms with Crippen LogP contribution in [-0.2, 0) is 13.2 Å². The summed E-state index contributed by atoms with van der Waals surface area (Å²) in [5, 5.41) is 3.16. The Morgan fingerprint density at radius 3 is 2.36 bits per heavy atom. The highest BCUT2D eigenvalue weighted by atomic mass is 35.5. The minimum absolute atomic E-state index is 0. The molecule has 2 aromatic heterocycles. The Morgan fingerprint density at radius 1 is 1.00 bits per heavy atom. The molecule has 0 saturated heterocycles. The van der Waals surface area contributed by atoms with Crippen LogP contribution in [0, 0.1) is 0 Å². The highest BCUT2D eigenvalue weighted by Gasteiger charge is 2.31. The Morgan fingerprint density at radius 2 is 1.69 bits per heavy atom. The fraction of sp³-hybridized carbons (Fsp3) is 0.192. The predicted molar refractivity (Wildman–Crippen MR) is 137 cm³/mol. The fourth-order valence-corrected chi connectivity index (χ4v) is 3.80. The Kier molecular flexibility index (Phi) is 8.49. The molecule has 0 bridgehead atoms. The number of rotatable bonds is 7. The fourth-order valence-electron chi connectivity index (χ4n) is 3.80. The largest absolute Gasteiger partial charge is 0.416 e. The Bertz CT molecular complexity index is 1360. The lowest BCUT2D eigenvalue weighted by Crippen LogP contribution is -2.26. The Hall–Kier alpha value is -3.69. The van der Waals surface area contributed by atoms with E-state index in [-0.39, 0.29) is 41.2 Å². The number of benzene rings is 2. The van der Waals surface area contributed by atoms with E-state index in [0.717, 1.165) is 17.7 Å². The van der Waals surface area contributed by atoms with Crippen molar-refractivity contribution in [3.8, 4) is 22.4 Å². The first-order valence-corrected chi connectivity index (χ1v) is 11.0. The van der Waals surface area contributed by atoms with E-state index in [0.29, 0.717) is 18.5 Å². The summed E-state index contributed by atoms with van der Waals surface area (Å²) >= 11 is 0. The van der Waals surface area contributed by atoms with E-state index >= 15 is 0 Å². The number of nitrogens with one attached hydrogen (secondary N) is 1. The second-order valence-electron chi connectivity index (χ2n) is 8.07. The summed E-state index contributed by atoms with van der Waals surface area (Å²) < 4.78 is 41.4. The maximum absolute atomic E-state index is 13.4. The summed E-state index contributed by atoms with van der Waals surface area (Å²) in [6.45, 7) is 0.440. The maximum atomic E-state index is 13.4. The molecule has 0 amide bonds. The minimum atomic E-state index is -4.54. The standard InChI is InChI=1S/C26H24F3N5O.ClH/c1-34-24(35)22(19-8-5-9-20(16-19)26(27,28)29)23(18-10-13-31-14-11-18)33-25(34)32-15-12-21(30)17-6-3-2-4-7-17;/h2-11,13-14,16,21H,12,15,30H2,1H3,(H,32,33);1H/t21-;/m0./s1. The number of aromatic nitrogens is 3. The second kappa shape index (κ2) is 11.4. The first-order chi connectivity index (χ1) is 16.8. The van der Waals surface area contributed by atoms with Gasteiger partial charge in [0.05, 0.1) is 16.8 Å². The summed E-state index contributed by atoms with van der Waals surface area (Å²) in [6, 6.07) is 17.5. The molecule has 6 nitrogen and oxygen atoms in total. The summed E-state index contributed by atoms with van der Waals surface area (Å²) in [4.78, 5) is 22.1. The first-order valence-electron chi connectivity index (χ1n) is 11.0. The van der Waals surface area contributed by atoms with Gasteiger partial charge in [0.15, 0.2) is 0 Å². The Labute approximate surface area is 212 Å². The molecular weight excluding hydrogens is 491 g/mol. The average molecular weight is 516 g/mol. The van der Waals surface area contributed by atoms with E-state index in [9.17, 15) is 18.0 Å². The van der Waals surface area contributed by atoms with Crippen LogP contribution in [0.15, 0.2) is 83.9 Å². The van der Waals surface area contributed by atoms with Crippen LogP contribution < -0.4 is 16.6 Å². The first kappa shape index (κ1) is 26.9. The monoisotopic (exact) mass is 515 g/mol. The molecule has 2 aromatic carbocycles. The van der Waals surface area contributed by atoms with E-state index in [2.05, 4.69) is 15.3 Å². The molecule has 36 heavy (non-hydrogen) atoms. The normalized spacial score (nSPS) is 12.0. The van der Waals surface area contributed by atoms with Crippen LogP contribution in [-0.4, -0.2) is 21.1 Å². The molecule has 0 aliphatic heterocycles. The van der Waals surface area contributed by atoms with Gasteiger partial charge in [-0.3, -0.25) is 14.3 Å². The van der Waals surface area contributed by atoms with E-state index in [4.69, 9.17) is 5.73 Å². The number of halogens is 4. The lowest BCUT2D eigenvalue weighted by Gasteiger charge is -2.18. The topological polar surface area (TPSA) is 85.8 Å². The molecule has 0 aliphatic carbocycles. The zero-order valence-electron chi connectivity index (χ0n) is 19.4. The molecular formula is C26H25ClF3N5O. The molecule has 188 valence electrons. The van der Waals surface area contributed by atoms with Gasteiger partial charge in [0, 0.05) is 37.6 Å². The van der Waals surface area contributed by atoms with E-state index in [1.807, 2.05) is 30.3 Å². The molecule has 4 rings (SSSR count). The van der Waals surface area contributed by atoms with E-state index in [1.165, 1.54) is 36.1 Å². The molecule has 4 aromatic rings. The number of alkyl halides is 3. The zero-order chi connectivity index (χ0) is 25.0. The minimum Gasteiger partial charge on any atom is -0.355 e. The van der Waals surface area contributed by atoms with E-state index < -0.39 is 17.3 Å². The van der Waals surface area contributed by atoms with Crippen LogP contribution in [0.1, 0.15) is 23.6 Å². The van der Waals surface area contributed by atoms with Crippen molar-refractivity contribution in [2.24, 2.45) is 12.8 Å². The van der Waals surface area contributed by atoms with Crippen molar-refractivity contribution in [1.82, 2.24) is 14.5 Å². The number of hydrogen-bond acceptors (Lipinski definition) is 5. The van der Waals surface area contributed by atoms with Gasteiger partial charge in [0.1, 0.15) is 0 Å². The van der Waals surface area contributed by atoms with Gasteiger partial charge in [-0.15, -0.1) is 12.4 Å². The molecule has 0 spiro atoms. The molecule has 1 atom stereocenters. The molecule has 10 heteroatoms. The smallest absolute Gasteiger partial charge is 0.355 e. The highest BCUT2D eigenvalue weighted by Crippen LogP contribution is 2.34. The van der Waals surface area contributed by atoms with Crippen molar-refractivity contribution in [2.75, 3.05) is 11.9 Å². The molecule has 0 radical (unpaired) electrons. The summed E-state index contributed by atoms with van der Waals surface area (Å²) in [6.07, 6.45) is -0.878. The highest BCUT2D eigenvalue weighted by molar-refractivity contribution is 5.85. The number of hydrogen-bond donors (Lipinski definition) is 2. The van der Waals surface area contributed by atoms with Crippen LogP contribution in [0.4, 0.5) is 19.1 Å². The van der Waals surface area contributed by atoms with Crippen molar-refractivity contribution in [2.45, 2.75) is 18.6 Å². The zero-order valence-corrected chi connectivity index (χ0v) is 20.2. The van der Waals surface area contributed by atoms with Gasteiger partial charge >= 0.3 is 6.18 Å². The molecule has 0 unspecified atom stereocenters. The molecule has 3 N–H and O–H groups in total. The third-order valence-electron chi connectivity index (χ3n) is 5.69. The van der Waals surface area contributed by atoms with Crippen LogP contribution in [0.25, 0.3) is 22.4 Å².